The van der Waals surface area contributed by atoms with Crippen molar-refractivity contribution in [2.75, 3.05) is 13.1 Å². The summed E-state index contributed by atoms with van der Waals surface area (Å²) >= 11 is 0. The van der Waals surface area contributed by atoms with Crippen molar-refractivity contribution in [1.29, 1.82) is 0 Å². The van der Waals surface area contributed by atoms with Gasteiger partial charge in [0.2, 0.25) is 10.0 Å². The molecule has 1 unspecified atom stereocenters. The zero-order valence-corrected chi connectivity index (χ0v) is 20.1. The molecule has 0 heterocycles. The number of hydrogen-bond donors (Lipinski definition) is 3. The standard InChI is InChI=1S/C24H36N4O2S/c1-6-25-24(26-15-20(5)21-13-11-19(4)12-14-21)27-16-22-9-7-8-10-23(22)17-31(29,30)28-18(2)3/h7-14,18,20,28H,6,15-17H2,1-5H3,(H2,25,26,27). The first-order valence-corrected chi connectivity index (χ1v) is 12.5. The van der Waals surface area contributed by atoms with Gasteiger partial charge in [-0.3, -0.25) is 0 Å². The summed E-state index contributed by atoms with van der Waals surface area (Å²) in [6, 6.07) is 16.0. The normalized spacial score (nSPS) is 13.3. The van der Waals surface area contributed by atoms with Crippen LogP contribution in [0.25, 0.3) is 0 Å². The maximum atomic E-state index is 12.4. The van der Waals surface area contributed by atoms with E-state index in [4.69, 9.17) is 4.99 Å². The van der Waals surface area contributed by atoms with Crippen LogP contribution in [-0.4, -0.2) is 33.5 Å². The molecule has 6 nitrogen and oxygen atoms in total. The van der Waals surface area contributed by atoms with E-state index in [9.17, 15) is 8.42 Å². The molecule has 170 valence electrons. The Morgan fingerprint density at radius 2 is 1.61 bits per heavy atom. The van der Waals surface area contributed by atoms with Crippen molar-refractivity contribution in [3.8, 4) is 0 Å². The van der Waals surface area contributed by atoms with Crippen LogP contribution in [0.15, 0.2) is 53.5 Å². The minimum atomic E-state index is -3.39. The Morgan fingerprint density at radius 3 is 2.23 bits per heavy atom. The molecule has 0 bridgehead atoms. The van der Waals surface area contributed by atoms with Crippen LogP contribution in [0.4, 0.5) is 0 Å². The van der Waals surface area contributed by atoms with Crippen molar-refractivity contribution < 1.29 is 8.42 Å². The van der Waals surface area contributed by atoms with Gasteiger partial charge < -0.3 is 10.6 Å². The van der Waals surface area contributed by atoms with Crippen molar-refractivity contribution >= 4 is 16.0 Å². The monoisotopic (exact) mass is 444 g/mol. The van der Waals surface area contributed by atoms with Gasteiger partial charge in [-0.2, -0.15) is 0 Å². The molecule has 7 heteroatoms. The Labute approximate surface area is 187 Å². The highest BCUT2D eigenvalue weighted by atomic mass is 32.2. The molecule has 0 aliphatic rings. The molecule has 0 saturated carbocycles. The molecule has 0 aromatic heterocycles. The molecule has 0 radical (unpaired) electrons. The summed E-state index contributed by atoms with van der Waals surface area (Å²) in [5.41, 5.74) is 4.20. The first-order chi connectivity index (χ1) is 14.7. The quantitative estimate of drug-likeness (QED) is 0.386. The zero-order chi connectivity index (χ0) is 22.9. The number of benzene rings is 2. The van der Waals surface area contributed by atoms with Crippen molar-refractivity contribution in [3.63, 3.8) is 0 Å². The summed E-state index contributed by atoms with van der Waals surface area (Å²) in [4.78, 5) is 4.69. The third-order valence-corrected chi connectivity index (χ3v) is 6.37. The number of aryl methyl sites for hydroxylation is 1. The van der Waals surface area contributed by atoms with Crippen LogP contribution in [0.5, 0.6) is 0 Å². The lowest BCUT2D eigenvalue weighted by Crippen LogP contribution is -2.39. The van der Waals surface area contributed by atoms with E-state index in [1.54, 1.807) is 0 Å². The summed E-state index contributed by atoms with van der Waals surface area (Å²) in [5.74, 6) is 1.01. The maximum Gasteiger partial charge on any atom is 0.216 e. The largest absolute Gasteiger partial charge is 0.357 e. The Hall–Kier alpha value is -2.38. The molecule has 0 saturated heterocycles. The number of sulfonamides is 1. The number of hydrogen-bond acceptors (Lipinski definition) is 3. The van der Waals surface area contributed by atoms with Gasteiger partial charge in [-0.15, -0.1) is 0 Å². The van der Waals surface area contributed by atoms with E-state index in [2.05, 4.69) is 53.5 Å². The molecule has 0 amide bonds. The second-order valence-electron chi connectivity index (χ2n) is 8.19. The molecule has 1 atom stereocenters. The van der Waals surface area contributed by atoms with E-state index in [-0.39, 0.29) is 11.8 Å². The van der Waals surface area contributed by atoms with Gasteiger partial charge in [0.05, 0.1) is 12.3 Å². The van der Waals surface area contributed by atoms with Crippen molar-refractivity contribution in [2.24, 2.45) is 4.99 Å². The highest BCUT2D eigenvalue weighted by Gasteiger charge is 2.15. The zero-order valence-electron chi connectivity index (χ0n) is 19.3. The molecule has 0 fully saturated rings. The first-order valence-electron chi connectivity index (χ1n) is 10.9. The predicted octanol–water partition coefficient (Wildman–Crippen LogP) is 3.68. The fourth-order valence-electron chi connectivity index (χ4n) is 3.23. The molecule has 0 spiro atoms. The van der Waals surface area contributed by atoms with Gasteiger partial charge >= 0.3 is 0 Å². The summed E-state index contributed by atoms with van der Waals surface area (Å²) in [7, 11) is -3.39. The van der Waals surface area contributed by atoms with E-state index in [1.165, 1.54) is 11.1 Å². The molecule has 2 rings (SSSR count). The van der Waals surface area contributed by atoms with Crippen molar-refractivity contribution in [2.45, 2.75) is 58.9 Å². The smallest absolute Gasteiger partial charge is 0.216 e. The number of aliphatic imine (C=N–C) groups is 1. The minimum absolute atomic E-state index is 0.0503. The highest BCUT2D eigenvalue weighted by molar-refractivity contribution is 7.88. The summed E-state index contributed by atoms with van der Waals surface area (Å²) in [6.07, 6.45) is 0. The topological polar surface area (TPSA) is 82.6 Å². The van der Waals surface area contributed by atoms with Gasteiger partial charge in [0, 0.05) is 19.1 Å². The Kier molecular flexibility index (Phi) is 9.52. The number of rotatable bonds is 10. The second kappa shape index (κ2) is 11.9. The van der Waals surface area contributed by atoms with Crippen LogP contribution in [0, 0.1) is 6.92 Å². The number of nitrogens with zero attached hydrogens (tertiary/aromatic N) is 1. The summed E-state index contributed by atoms with van der Waals surface area (Å²) < 4.78 is 27.4. The average Bonchev–Trinajstić information content (AvgIpc) is 2.70. The van der Waals surface area contributed by atoms with Crippen LogP contribution < -0.4 is 15.4 Å². The lowest BCUT2D eigenvalue weighted by molar-refractivity contribution is 0.569. The van der Waals surface area contributed by atoms with Gasteiger partial charge in [0.1, 0.15) is 0 Å². The molecule has 2 aromatic carbocycles. The molecule has 3 N–H and O–H groups in total. The summed E-state index contributed by atoms with van der Waals surface area (Å²) in [5, 5.41) is 6.68. The van der Waals surface area contributed by atoms with Crippen LogP contribution in [0.1, 0.15) is 55.9 Å². The molecular formula is C24H36N4O2S. The van der Waals surface area contributed by atoms with Crippen molar-refractivity contribution in [3.05, 3.63) is 70.8 Å². The maximum absolute atomic E-state index is 12.4. The van der Waals surface area contributed by atoms with Crippen molar-refractivity contribution in [1.82, 2.24) is 15.4 Å². The van der Waals surface area contributed by atoms with Gasteiger partial charge in [0.15, 0.2) is 5.96 Å². The van der Waals surface area contributed by atoms with Crippen LogP contribution in [0.3, 0.4) is 0 Å². The Bertz CT molecular complexity index is 954. The lowest BCUT2D eigenvalue weighted by atomic mass is 10.0. The molecule has 2 aromatic rings. The Balaban J connectivity index is 2.07. The highest BCUT2D eigenvalue weighted by Crippen LogP contribution is 2.15. The second-order valence-corrected chi connectivity index (χ2v) is 9.94. The van der Waals surface area contributed by atoms with Gasteiger partial charge in [-0.05, 0) is 50.3 Å². The van der Waals surface area contributed by atoms with Gasteiger partial charge in [0.25, 0.3) is 0 Å². The Morgan fingerprint density at radius 1 is 0.968 bits per heavy atom. The first kappa shape index (κ1) is 24.9. The number of guanidine groups is 1. The van der Waals surface area contributed by atoms with Crippen LogP contribution in [0.2, 0.25) is 0 Å². The van der Waals surface area contributed by atoms with E-state index < -0.39 is 10.0 Å². The lowest BCUT2D eigenvalue weighted by Gasteiger charge is -2.17. The average molecular weight is 445 g/mol. The third-order valence-electron chi connectivity index (χ3n) is 4.85. The molecular weight excluding hydrogens is 408 g/mol. The fourth-order valence-corrected chi connectivity index (χ4v) is 4.72. The van der Waals surface area contributed by atoms with Gasteiger partial charge in [-0.25, -0.2) is 18.1 Å². The molecule has 0 aliphatic carbocycles. The number of nitrogens with one attached hydrogen (secondary N) is 3. The fraction of sp³-hybridized carbons (Fsp3) is 0.458. The third kappa shape index (κ3) is 8.71. The van der Waals surface area contributed by atoms with E-state index in [0.717, 1.165) is 30.2 Å². The molecule has 31 heavy (non-hydrogen) atoms. The minimum Gasteiger partial charge on any atom is -0.357 e. The van der Waals surface area contributed by atoms with Crippen LogP contribution >= 0.6 is 0 Å². The van der Waals surface area contributed by atoms with E-state index in [1.807, 2.05) is 45.0 Å². The predicted molar refractivity (Wildman–Crippen MR) is 130 cm³/mol. The van der Waals surface area contributed by atoms with Gasteiger partial charge in [-0.1, -0.05) is 61.0 Å². The summed E-state index contributed by atoms with van der Waals surface area (Å²) in [6.45, 7) is 11.8. The van der Waals surface area contributed by atoms with E-state index >= 15 is 0 Å². The molecule has 0 aliphatic heterocycles. The van der Waals surface area contributed by atoms with Crippen LogP contribution in [-0.2, 0) is 22.3 Å². The SMILES string of the molecule is CCNC(=NCc1ccccc1CS(=O)(=O)NC(C)C)NCC(C)c1ccc(C)cc1. The van der Waals surface area contributed by atoms with E-state index in [0.29, 0.717) is 12.5 Å².